The number of carbonyl (C=O) groups excluding carboxylic acids is 1. The van der Waals surface area contributed by atoms with Gasteiger partial charge in [0.1, 0.15) is 5.79 Å². The van der Waals surface area contributed by atoms with Crippen molar-refractivity contribution in [2.75, 3.05) is 21.1 Å². The average molecular weight is 172 g/mol. The van der Waals surface area contributed by atoms with Crippen molar-refractivity contribution in [3.05, 3.63) is 12.2 Å². The minimum Gasteiger partial charge on any atom is -0.366 e. The summed E-state index contributed by atoms with van der Waals surface area (Å²) in [6, 6.07) is 0. The highest BCUT2D eigenvalue weighted by molar-refractivity contribution is 5.85. The largest absolute Gasteiger partial charge is 0.366 e. The predicted molar refractivity (Wildman–Crippen MR) is 48.2 cm³/mol. The van der Waals surface area contributed by atoms with E-state index in [4.69, 9.17) is 5.73 Å². The highest BCUT2D eigenvalue weighted by Gasteiger charge is 2.18. The standard InChI is InChI=1S/C7H16N4O/c1-9-7(10-2,11-3)5-4-6(8)12/h4-5,9-11H,1-3H3,(H2,8,12). The summed E-state index contributed by atoms with van der Waals surface area (Å²) in [7, 11) is 5.29. The van der Waals surface area contributed by atoms with E-state index in [9.17, 15) is 4.79 Å². The number of hydrogen-bond donors (Lipinski definition) is 4. The van der Waals surface area contributed by atoms with Gasteiger partial charge in [-0.05, 0) is 27.2 Å². The second-order valence-electron chi connectivity index (χ2n) is 2.29. The molecule has 1 amide bonds. The Bertz CT molecular complexity index is 166. The molecule has 0 heterocycles. The van der Waals surface area contributed by atoms with Crippen molar-refractivity contribution in [1.82, 2.24) is 16.0 Å². The Balaban J connectivity index is 4.39. The lowest BCUT2D eigenvalue weighted by Gasteiger charge is -2.29. The van der Waals surface area contributed by atoms with E-state index in [1.165, 1.54) is 6.08 Å². The summed E-state index contributed by atoms with van der Waals surface area (Å²) in [5.74, 6) is -1.05. The zero-order chi connectivity index (χ0) is 9.61. The minimum absolute atomic E-state index is 0.472. The van der Waals surface area contributed by atoms with Crippen LogP contribution < -0.4 is 21.7 Å². The van der Waals surface area contributed by atoms with Gasteiger partial charge in [-0.25, -0.2) is 0 Å². The summed E-state index contributed by atoms with van der Waals surface area (Å²) in [6.45, 7) is 0. The van der Waals surface area contributed by atoms with E-state index in [0.717, 1.165) is 0 Å². The van der Waals surface area contributed by atoms with Gasteiger partial charge in [0.2, 0.25) is 5.91 Å². The molecule has 0 saturated carbocycles. The number of amides is 1. The van der Waals surface area contributed by atoms with E-state index < -0.39 is 11.7 Å². The van der Waals surface area contributed by atoms with Crippen molar-refractivity contribution in [3.8, 4) is 0 Å². The monoisotopic (exact) mass is 172 g/mol. The first-order chi connectivity index (χ1) is 5.60. The van der Waals surface area contributed by atoms with E-state index in [0.29, 0.717) is 0 Å². The minimum atomic E-state index is -0.574. The van der Waals surface area contributed by atoms with E-state index in [1.54, 1.807) is 27.2 Å². The van der Waals surface area contributed by atoms with Gasteiger partial charge < -0.3 is 5.73 Å². The molecule has 0 aromatic carbocycles. The molecule has 0 aromatic heterocycles. The van der Waals surface area contributed by atoms with Gasteiger partial charge in [-0.3, -0.25) is 20.7 Å². The number of rotatable bonds is 5. The fraction of sp³-hybridized carbons (Fsp3) is 0.571. The third kappa shape index (κ3) is 3.00. The topological polar surface area (TPSA) is 79.2 Å². The van der Waals surface area contributed by atoms with Crippen LogP contribution in [0.4, 0.5) is 0 Å². The summed E-state index contributed by atoms with van der Waals surface area (Å²) >= 11 is 0. The lowest BCUT2D eigenvalue weighted by atomic mass is 10.3. The number of carbonyl (C=O) groups is 1. The molecule has 12 heavy (non-hydrogen) atoms. The molecule has 0 aromatic rings. The van der Waals surface area contributed by atoms with Crippen LogP contribution in [0, 0.1) is 0 Å². The molecule has 0 unspecified atom stereocenters. The molecular weight excluding hydrogens is 156 g/mol. The fourth-order valence-electron chi connectivity index (χ4n) is 0.832. The van der Waals surface area contributed by atoms with Gasteiger partial charge in [-0.2, -0.15) is 0 Å². The molecule has 0 spiro atoms. The third-order valence-electron chi connectivity index (χ3n) is 1.68. The van der Waals surface area contributed by atoms with Crippen LogP contribution in [0.25, 0.3) is 0 Å². The molecule has 0 aliphatic heterocycles. The second kappa shape index (κ2) is 4.87. The zero-order valence-corrected chi connectivity index (χ0v) is 7.64. The van der Waals surface area contributed by atoms with Crippen molar-refractivity contribution in [1.29, 1.82) is 0 Å². The number of likely N-dealkylation sites (N-methyl/N-ethyl adjacent to an activating group) is 3. The lowest BCUT2D eigenvalue weighted by Crippen LogP contribution is -2.61. The maximum absolute atomic E-state index is 10.4. The van der Waals surface area contributed by atoms with Crippen LogP contribution in [0.3, 0.4) is 0 Å². The van der Waals surface area contributed by atoms with Gasteiger partial charge in [0.05, 0.1) is 0 Å². The Morgan fingerprint density at radius 3 is 1.92 bits per heavy atom. The number of nitrogens with two attached hydrogens (primary N) is 1. The predicted octanol–water partition coefficient (Wildman–Crippen LogP) is -1.66. The first kappa shape index (κ1) is 11.1. The molecule has 0 rings (SSSR count). The Labute approximate surface area is 72.4 Å². The highest BCUT2D eigenvalue weighted by Crippen LogP contribution is 1.93. The first-order valence-electron chi connectivity index (χ1n) is 3.65. The Kier molecular flexibility index (Phi) is 4.50. The summed E-state index contributed by atoms with van der Waals surface area (Å²) in [5, 5.41) is 8.86. The van der Waals surface area contributed by atoms with E-state index in [-0.39, 0.29) is 0 Å². The van der Waals surface area contributed by atoms with Crippen LogP contribution in [0.5, 0.6) is 0 Å². The molecule has 0 atom stereocenters. The molecule has 0 fully saturated rings. The second-order valence-corrected chi connectivity index (χ2v) is 2.29. The summed E-state index contributed by atoms with van der Waals surface area (Å²) < 4.78 is 0. The van der Waals surface area contributed by atoms with E-state index in [2.05, 4.69) is 16.0 Å². The molecule has 5 nitrogen and oxygen atoms in total. The van der Waals surface area contributed by atoms with Gasteiger partial charge in [-0.1, -0.05) is 0 Å². The quantitative estimate of drug-likeness (QED) is 0.296. The van der Waals surface area contributed by atoms with Crippen LogP contribution in [-0.2, 0) is 4.79 Å². The summed E-state index contributed by atoms with van der Waals surface area (Å²) in [4.78, 5) is 10.4. The smallest absolute Gasteiger partial charge is 0.241 e. The van der Waals surface area contributed by atoms with Gasteiger partial charge in [-0.15, -0.1) is 0 Å². The summed E-state index contributed by atoms with van der Waals surface area (Å²) in [5.41, 5.74) is 4.95. The van der Waals surface area contributed by atoms with Crippen LogP contribution in [0.2, 0.25) is 0 Å². The van der Waals surface area contributed by atoms with Crippen LogP contribution in [0.1, 0.15) is 0 Å². The van der Waals surface area contributed by atoms with Crippen molar-refractivity contribution < 1.29 is 4.79 Å². The van der Waals surface area contributed by atoms with Gasteiger partial charge >= 0.3 is 0 Å². The molecule has 5 N–H and O–H groups in total. The van der Waals surface area contributed by atoms with Crippen LogP contribution >= 0.6 is 0 Å². The van der Waals surface area contributed by atoms with Crippen molar-refractivity contribution >= 4 is 5.91 Å². The Hall–Kier alpha value is -0.910. The molecule has 0 aliphatic carbocycles. The van der Waals surface area contributed by atoms with E-state index in [1.807, 2.05) is 0 Å². The summed E-state index contributed by atoms with van der Waals surface area (Å²) in [6.07, 6.45) is 2.92. The number of primary amides is 1. The highest BCUT2D eigenvalue weighted by atomic mass is 16.1. The zero-order valence-electron chi connectivity index (χ0n) is 7.64. The van der Waals surface area contributed by atoms with Crippen molar-refractivity contribution in [2.45, 2.75) is 5.79 Å². The Morgan fingerprint density at radius 2 is 1.67 bits per heavy atom. The number of nitrogens with one attached hydrogen (secondary N) is 3. The normalized spacial score (nSPS) is 12.2. The molecule has 0 radical (unpaired) electrons. The van der Waals surface area contributed by atoms with Gasteiger partial charge in [0.25, 0.3) is 0 Å². The molecule has 0 saturated heterocycles. The van der Waals surface area contributed by atoms with Crippen molar-refractivity contribution in [2.24, 2.45) is 5.73 Å². The molecule has 5 heteroatoms. The molecule has 0 bridgehead atoms. The maximum Gasteiger partial charge on any atom is 0.241 e. The number of hydrogen-bond acceptors (Lipinski definition) is 4. The van der Waals surface area contributed by atoms with Crippen LogP contribution in [-0.4, -0.2) is 32.8 Å². The van der Waals surface area contributed by atoms with Gasteiger partial charge in [0.15, 0.2) is 0 Å². The van der Waals surface area contributed by atoms with Crippen LogP contribution in [0.15, 0.2) is 12.2 Å². The molecule has 70 valence electrons. The Morgan fingerprint density at radius 1 is 1.25 bits per heavy atom. The maximum atomic E-state index is 10.4. The molecular formula is C7H16N4O. The molecule has 0 aliphatic rings. The average Bonchev–Trinajstić information content (AvgIpc) is 2.08. The first-order valence-corrected chi connectivity index (χ1v) is 3.65. The SMILES string of the molecule is CNC(C=CC(N)=O)(NC)NC. The van der Waals surface area contributed by atoms with Gasteiger partial charge in [0, 0.05) is 6.08 Å². The van der Waals surface area contributed by atoms with E-state index >= 15 is 0 Å². The fourth-order valence-corrected chi connectivity index (χ4v) is 0.832. The third-order valence-corrected chi connectivity index (χ3v) is 1.68. The van der Waals surface area contributed by atoms with Crippen molar-refractivity contribution in [3.63, 3.8) is 0 Å². The lowest BCUT2D eigenvalue weighted by molar-refractivity contribution is -0.113.